The van der Waals surface area contributed by atoms with Crippen LogP contribution in [0.15, 0.2) is 70.5 Å². The Morgan fingerprint density at radius 3 is 1.45 bits per heavy atom. The van der Waals surface area contributed by atoms with Gasteiger partial charge in [0.15, 0.2) is 11.5 Å². The first-order valence-corrected chi connectivity index (χ1v) is 11.1. The summed E-state index contributed by atoms with van der Waals surface area (Å²) in [6, 6.07) is 11.7. The van der Waals surface area contributed by atoms with Crippen molar-refractivity contribution in [2.24, 2.45) is 0 Å². The lowest BCUT2D eigenvalue weighted by Crippen LogP contribution is -2.26. The zero-order chi connectivity index (χ0) is 20.8. The molecule has 0 spiro atoms. The van der Waals surface area contributed by atoms with Gasteiger partial charge in [0.1, 0.15) is 9.81 Å². The Bertz CT molecular complexity index is 1230. The Balaban J connectivity index is 1.70. The van der Waals surface area contributed by atoms with Gasteiger partial charge in [-0.15, -0.1) is 0 Å². The van der Waals surface area contributed by atoms with Crippen molar-refractivity contribution in [2.45, 2.75) is 6.42 Å². The van der Waals surface area contributed by atoms with Crippen LogP contribution in [0, 0.1) is 0 Å². The second-order valence-corrected chi connectivity index (χ2v) is 9.13. The molecule has 2 aromatic carbocycles. The largest absolute Gasteiger partial charge is 0.378 e. The van der Waals surface area contributed by atoms with E-state index in [0.717, 1.165) is 12.2 Å². The molecule has 0 bridgehead atoms. The fourth-order valence-corrected chi connectivity index (χ4v) is 5.15. The molecule has 2 aliphatic heterocycles. The van der Waals surface area contributed by atoms with Crippen LogP contribution in [-0.2, 0) is 20.2 Å². The molecule has 0 radical (unpaired) electrons. The van der Waals surface area contributed by atoms with Gasteiger partial charge in [-0.25, -0.2) is 0 Å². The molecule has 2 aromatic rings. The van der Waals surface area contributed by atoms with Crippen LogP contribution < -0.4 is 8.37 Å². The van der Waals surface area contributed by atoms with Crippen molar-refractivity contribution >= 4 is 31.8 Å². The van der Waals surface area contributed by atoms with Crippen molar-refractivity contribution < 1.29 is 34.8 Å². The van der Waals surface area contributed by atoms with E-state index in [0.29, 0.717) is 0 Å². The maximum atomic E-state index is 12.5. The second kappa shape index (κ2) is 6.68. The summed E-state index contributed by atoms with van der Waals surface area (Å²) < 4.78 is 58.8. The fraction of sp³-hybridized carbons (Fsp3) is 0.0526. The van der Waals surface area contributed by atoms with Crippen LogP contribution in [0.25, 0.3) is 0 Å². The second-order valence-electron chi connectivity index (χ2n) is 6.10. The van der Waals surface area contributed by atoms with Gasteiger partial charge < -0.3 is 8.37 Å². The number of carbonyl (C=O) groups is 2. The minimum absolute atomic E-state index is 0.0693. The Labute approximate surface area is 166 Å². The molecule has 148 valence electrons. The van der Waals surface area contributed by atoms with Crippen molar-refractivity contribution in [2.75, 3.05) is 0 Å². The number of fused-ring (bicyclic) bond motifs is 2. The van der Waals surface area contributed by atoms with Gasteiger partial charge in [0, 0.05) is 0 Å². The van der Waals surface area contributed by atoms with Gasteiger partial charge in [0.25, 0.3) is 0 Å². The molecule has 8 nitrogen and oxygen atoms in total. The molecule has 0 atom stereocenters. The highest BCUT2D eigenvalue weighted by molar-refractivity contribution is 7.92. The SMILES string of the molecule is O=C1C(=CCC=C2C(=O)c3ccccc3OS2(=O)=O)S(=O)(=O)Oc2ccccc21. The van der Waals surface area contributed by atoms with E-state index in [4.69, 9.17) is 8.37 Å². The molecule has 0 unspecified atom stereocenters. The lowest BCUT2D eigenvalue weighted by molar-refractivity contribution is 0.102. The first kappa shape index (κ1) is 19.1. The Kier molecular flexibility index (Phi) is 4.39. The van der Waals surface area contributed by atoms with Crippen LogP contribution in [-0.4, -0.2) is 28.4 Å². The van der Waals surface area contributed by atoms with Crippen molar-refractivity contribution in [3.63, 3.8) is 0 Å². The van der Waals surface area contributed by atoms with E-state index in [1.165, 1.54) is 36.4 Å². The van der Waals surface area contributed by atoms with Gasteiger partial charge >= 0.3 is 20.2 Å². The first-order valence-electron chi connectivity index (χ1n) is 8.27. The van der Waals surface area contributed by atoms with E-state index in [-0.39, 0.29) is 29.0 Å². The number of Topliss-reactive ketones (excluding diaryl/α,β-unsaturated/α-hetero) is 2. The van der Waals surface area contributed by atoms with Gasteiger partial charge in [0.2, 0.25) is 11.6 Å². The fourth-order valence-electron chi connectivity index (χ4n) is 2.94. The monoisotopic (exact) mass is 432 g/mol. The predicted octanol–water partition coefficient (Wildman–Crippen LogP) is 2.35. The zero-order valence-electron chi connectivity index (χ0n) is 14.6. The summed E-state index contributed by atoms with van der Waals surface area (Å²) in [5.74, 6) is -1.71. The Hall–Kier alpha value is -3.24. The first-order chi connectivity index (χ1) is 13.7. The van der Waals surface area contributed by atoms with Crippen LogP contribution in [0.1, 0.15) is 27.1 Å². The number of hydrogen-bond acceptors (Lipinski definition) is 8. The van der Waals surface area contributed by atoms with Crippen LogP contribution in [0.2, 0.25) is 0 Å². The molecule has 2 heterocycles. The molecule has 0 N–H and O–H groups in total. The number of ketones is 2. The third-order valence-electron chi connectivity index (χ3n) is 4.26. The maximum Gasteiger partial charge on any atom is 0.342 e. The summed E-state index contributed by atoms with van der Waals surface area (Å²) >= 11 is 0. The van der Waals surface area contributed by atoms with Crippen molar-refractivity contribution in [1.82, 2.24) is 0 Å². The molecule has 29 heavy (non-hydrogen) atoms. The van der Waals surface area contributed by atoms with Crippen LogP contribution in [0.4, 0.5) is 0 Å². The minimum Gasteiger partial charge on any atom is -0.378 e. The summed E-state index contributed by atoms with van der Waals surface area (Å²) in [4.78, 5) is 23.8. The highest BCUT2D eigenvalue weighted by Gasteiger charge is 2.37. The summed E-state index contributed by atoms with van der Waals surface area (Å²) in [6.07, 6.45) is 1.69. The Morgan fingerprint density at radius 1 is 0.655 bits per heavy atom. The average molecular weight is 432 g/mol. The van der Waals surface area contributed by atoms with E-state index >= 15 is 0 Å². The van der Waals surface area contributed by atoms with Crippen molar-refractivity contribution in [3.05, 3.63) is 81.6 Å². The van der Waals surface area contributed by atoms with Gasteiger partial charge in [-0.1, -0.05) is 36.4 Å². The molecule has 0 aromatic heterocycles. The highest BCUT2D eigenvalue weighted by atomic mass is 32.2. The predicted molar refractivity (Wildman–Crippen MR) is 101 cm³/mol. The molecule has 0 saturated carbocycles. The average Bonchev–Trinajstić information content (AvgIpc) is 2.65. The summed E-state index contributed by atoms with van der Waals surface area (Å²) in [7, 11) is -8.73. The van der Waals surface area contributed by atoms with Crippen molar-refractivity contribution in [3.8, 4) is 11.5 Å². The lowest BCUT2D eigenvalue weighted by atomic mass is 10.1. The van der Waals surface area contributed by atoms with E-state index in [1.54, 1.807) is 12.1 Å². The highest BCUT2D eigenvalue weighted by Crippen LogP contribution is 2.33. The van der Waals surface area contributed by atoms with Gasteiger partial charge in [0.05, 0.1) is 11.1 Å². The summed E-state index contributed by atoms with van der Waals surface area (Å²) in [5.41, 5.74) is 0.139. The smallest absolute Gasteiger partial charge is 0.342 e. The topological polar surface area (TPSA) is 121 Å². The molecule has 2 aliphatic rings. The van der Waals surface area contributed by atoms with Gasteiger partial charge in [-0.2, -0.15) is 16.8 Å². The minimum atomic E-state index is -4.36. The van der Waals surface area contributed by atoms with E-state index < -0.39 is 41.6 Å². The maximum absolute atomic E-state index is 12.5. The number of allylic oxidation sites excluding steroid dienone is 4. The summed E-state index contributed by atoms with van der Waals surface area (Å²) in [5, 5.41) is 0. The van der Waals surface area contributed by atoms with Crippen LogP contribution >= 0.6 is 0 Å². The van der Waals surface area contributed by atoms with Gasteiger partial charge in [-0.3, -0.25) is 9.59 Å². The number of hydrogen-bond donors (Lipinski definition) is 0. The molecular weight excluding hydrogens is 420 g/mol. The number of para-hydroxylation sites is 2. The lowest BCUT2D eigenvalue weighted by Gasteiger charge is -2.18. The van der Waals surface area contributed by atoms with E-state index in [9.17, 15) is 26.4 Å². The molecule has 10 heteroatoms. The van der Waals surface area contributed by atoms with Crippen LogP contribution in [0.3, 0.4) is 0 Å². The standard InChI is InChI=1S/C19H12O8S2/c20-18-12-6-1-3-8-14(12)26-28(22,23)16(18)10-5-11-17-19(21)13-7-2-4-9-15(13)27-29(17,24)25/h1-4,6-11H,5H2. The normalized spacial score (nSPS) is 21.8. The van der Waals surface area contributed by atoms with Gasteiger partial charge in [-0.05, 0) is 30.7 Å². The molecule has 0 saturated heterocycles. The third-order valence-corrected chi connectivity index (χ3v) is 6.83. The third kappa shape index (κ3) is 3.26. The molecule has 0 aliphatic carbocycles. The molecule has 0 fully saturated rings. The quantitative estimate of drug-likeness (QED) is 0.524. The molecule has 0 amide bonds. The zero-order valence-corrected chi connectivity index (χ0v) is 16.2. The molecular formula is C19H12O8S2. The number of rotatable bonds is 2. The number of benzene rings is 2. The molecule has 4 rings (SSSR count). The number of carbonyl (C=O) groups excluding carboxylic acids is 2. The van der Waals surface area contributed by atoms with E-state index in [2.05, 4.69) is 0 Å². The Morgan fingerprint density at radius 2 is 1.03 bits per heavy atom. The van der Waals surface area contributed by atoms with Crippen LogP contribution in [0.5, 0.6) is 11.5 Å². The van der Waals surface area contributed by atoms with Crippen molar-refractivity contribution in [1.29, 1.82) is 0 Å². The summed E-state index contributed by atoms with van der Waals surface area (Å²) in [6.45, 7) is 0. The van der Waals surface area contributed by atoms with E-state index in [1.807, 2.05) is 0 Å².